The zero-order chi connectivity index (χ0) is 18.0. The number of benzene rings is 1. The second kappa shape index (κ2) is 7.07. The van der Waals surface area contributed by atoms with Gasteiger partial charge in [0.05, 0.1) is 16.8 Å². The Kier molecular flexibility index (Phi) is 4.86. The second-order valence-corrected chi connectivity index (χ2v) is 6.52. The van der Waals surface area contributed by atoms with Crippen LogP contribution in [0, 0.1) is 17.1 Å². The molecule has 0 aliphatic carbocycles. The first-order valence-electron chi connectivity index (χ1n) is 7.65. The molecule has 2 heterocycles. The lowest BCUT2D eigenvalue weighted by Crippen LogP contribution is -2.47. The van der Waals surface area contributed by atoms with E-state index in [0.717, 1.165) is 0 Å². The summed E-state index contributed by atoms with van der Waals surface area (Å²) in [6.07, 6.45) is 1.65. The van der Waals surface area contributed by atoms with Crippen LogP contribution < -0.4 is 15.5 Å². The minimum absolute atomic E-state index is 0.104. The molecule has 0 atom stereocenters. The molecular weight excluding hydrogens is 389 g/mol. The Morgan fingerprint density at radius 3 is 2.60 bits per heavy atom. The lowest BCUT2D eigenvalue weighted by Gasteiger charge is -2.37. The molecule has 0 unspecified atom stereocenters. The molecule has 0 radical (unpaired) electrons. The maximum Gasteiger partial charge on any atom is 0.253 e. The highest BCUT2D eigenvalue weighted by atomic mass is 79.9. The molecule has 0 saturated carbocycles. The summed E-state index contributed by atoms with van der Waals surface area (Å²) >= 11 is 3.26. The number of aromatic nitrogens is 1. The number of nitriles is 1. The van der Waals surface area contributed by atoms with Crippen LogP contribution >= 0.6 is 15.9 Å². The Balaban J connectivity index is 1.84. The number of primary amides is 1. The van der Waals surface area contributed by atoms with Crippen molar-refractivity contribution in [3.63, 3.8) is 0 Å². The van der Waals surface area contributed by atoms with Crippen LogP contribution in [0.3, 0.4) is 0 Å². The van der Waals surface area contributed by atoms with Crippen molar-refractivity contribution in [1.29, 1.82) is 5.26 Å². The van der Waals surface area contributed by atoms with E-state index in [1.807, 2.05) is 9.80 Å². The van der Waals surface area contributed by atoms with Crippen LogP contribution in [-0.2, 0) is 0 Å². The minimum Gasteiger partial charge on any atom is -0.367 e. The van der Waals surface area contributed by atoms with Crippen molar-refractivity contribution in [3.8, 4) is 6.07 Å². The van der Waals surface area contributed by atoms with Crippen LogP contribution in [0.1, 0.15) is 15.9 Å². The third-order valence-corrected chi connectivity index (χ3v) is 4.57. The third-order valence-electron chi connectivity index (χ3n) is 4.11. The molecule has 1 aliphatic heterocycles. The van der Waals surface area contributed by atoms with Gasteiger partial charge in [-0.2, -0.15) is 5.26 Å². The second-order valence-electron chi connectivity index (χ2n) is 5.61. The molecular formula is C17H15BrFN5O. The van der Waals surface area contributed by atoms with Gasteiger partial charge in [0, 0.05) is 36.8 Å². The van der Waals surface area contributed by atoms with Gasteiger partial charge in [-0.3, -0.25) is 4.79 Å². The number of anilines is 2. The number of hydrogen-bond donors (Lipinski definition) is 1. The van der Waals surface area contributed by atoms with Crippen LogP contribution in [0.15, 0.2) is 34.9 Å². The van der Waals surface area contributed by atoms with Crippen LogP contribution in [0.5, 0.6) is 0 Å². The Morgan fingerprint density at radius 1 is 1.28 bits per heavy atom. The number of nitrogens with two attached hydrogens (primary N) is 1. The summed E-state index contributed by atoms with van der Waals surface area (Å²) in [6, 6.07) is 8.51. The molecule has 2 aromatic rings. The summed E-state index contributed by atoms with van der Waals surface area (Å²) in [5.74, 6) is -0.796. The molecule has 2 N–H and O–H groups in total. The van der Waals surface area contributed by atoms with Gasteiger partial charge in [0.2, 0.25) is 0 Å². The maximum atomic E-state index is 14.1. The van der Waals surface area contributed by atoms with Gasteiger partial charge in [0.15, 0.2) is 0 Å². The number of rotatable bonds is 3. The summed E-state index contributed by atoms with van der Waals surface area (Å²) in [4.78, 5) is 19.9. The summed E-state index contributed by atoms with van der Waals surface area (Å²) in [7, 11) is 0. The minimum atomic E-state index is -0.793. The number of halogens is 2. The van der Waals surface area contributed by atoms with Gasteiger partial charge in [0.1, 0.15) is 17.7 Å². The fraction of sp³-hybridized carbons (Fsp3) is 0.235. The predicted molar refractivity (Wildman–Crippen MR) is 96.0 cm³/mol. The highest BCUT2D eigenvalue weighted by Crippen LogP contribution is 2.29. The lowest BCUT2D eigenvalue weighted by molar-refractivity contribution is 0.0997. The van der Waals surface area contributed by atoms with Crippen LogP contribution in [0.2, 0.25) is 0 Å². The number of carbonyl (C=O) groups is 1. The summed E-state index contributed by atoms with van der Waals surface area (Å²) < 4.78 is 14.7. The fourth-order valence-corrected chi connectivity index (χ4v) is 3.37. The summed E-state index contributed by atoms with van der Waals surface area (Å²) in [5.41, 5.74) is 6.24. The molecule has 0 bridgehead atoms. The van der Waals surface area contributed by atoms with E-state index in [2.05, 4.69) is 27.0 Å². The van der Waals surface area contributed by atoms with Crippen molar-refractivity contribution in [2.45, 2.75) is 0 Å². The SMILES string of the molecule is N#Cc1cccnc1N1CCN(c2cc(Br)cc(F)c2C(N)=O)CC1. The zero-order valence-corrected chi connectivity index (χ0v) is 14.8. The normalized spacial score (nSPS) is 14.3. The average molecular weight is 404 g/mol. The number of hydrogen-bond acceptors (Lipinski definition) is 5. The first kappa shape index (κ1) is 17.2. The number of amides is 1. The smallest absolute Gasteiger partial charge is 0.253 e. The van der Waals surface area contributed by atoms with Gasteiger partial charge in [-0.15, -0.1) is 0 Å². The van der Waals surface area contributed by atoms with E-state index in [4.69, 9.17) is 5.73 Å². The van der Waals surface area contributed by atoms with Crippen molar-refractivity contribution in [1.82, 2.24) is 4.98 Å². The first-order valence-corrected chi connectivity index (χ1v) is 8.44. The molecule has 1 aromatic heterocycles. The Hall–Kier alpha value is -2.66. The molecule has 128 valence electrons. The Bertz CT molecular complexity index is 859. The van der Waals surface area contributed by atoms with E-state index >= 15 is 0 Å². The largest absolute Gasteiger partial charge is 0.367 e. The van der Waals surface area contributed by atoms with E-state index in [1.165, 1.54) is 6.07 Å². The number of pyridine rings is 1. The molecule has 1 aromatic carbocycles. The highest BCUT2D eigenvalue weighted by Gasteiger charge is 2.25. The summed E-state index contributed by atoms with van der Waals surface area (Å²) in [6.45, 7) is 2.30. The quantitative estimate of drug-likeness (QED) is 0.849. The first-order chi connectivity index (χ1) is 12.0. The standard InChI is InChI=1S/C17H15BrFN5O/c18-12-8-13(19)15(16(21)25)14(9-12)23-4-6-24(7-5-23)17-11(10-20)2-1-3-22-17/h1-3,8-9H,4-7H2,(H2,21,25). The highest BCUT2D eigenvalue weighted by molar-refractivity contribution is 9.10. The van der Waals surface area contributed by atoms with E-state index in [1.54, 1.807) is 24.4 Å². The number of piperazine rings is 1. The van der Waals surface area contributed by atoms with Gasteiger partial charge in [-0.1, -0.05) is 15.9 Å². The molecule has 1 fully saturated rings. The molecule has 3 rings (SSSR count). The van der Waals surface area contributed by atoms with Crippen molar-refractivity contribution in [3.05, 3.63) is 51.9 Å². The van der Waals surface area contributed by atoms with Crippen LogP contribution in [0.4, 0.5) is 15.9 Å². The Labute approximate surface area is 152 Å². The number of nitrogens with zero attached hydrogens (tertiary/aromatic N) is 4. The predicted octanol–water partition coefficient (Wildman–Crippen LogP) is 2.28. The van der Waals surface area contributed by atoms with Gasteiger partial charge in [-0.25, -0.2) is 9.37 Å². The van der Waals surface area contributed by atoms with Gasteiger partial charge < -0.3 is 15.5 Å². The molecule has 1 amide bonds. The Morgan fingerprint density at radius 2 is 1.96 bits per heavy atom. The molecule has 8 heteroatoms. The zero-order valence-electron chi connectivity index (χ0n) is 13.2. The van der Waals surface area contributed by atoms with E-state index < -0.39 is 11.7 Å². The van der Waals surface area contributed by atoms with Crippen molar-refractivity contribution in [2.24, 2.45) is 5.73 Å². The average Bonchev–Trinajstić information content (AvgIpc) is 2.60. The third kappa shape index (κ3) is 3.42. The molecule has 6 nitrogen and oxygen atoms in total. The monoisotopic (exact) mass is 403 g/mol. The van der Waals surface area contributed by atoms with Crippen molar-refractivity contribution < 1.29 is 9.18 Å². The van der Waals surface area contributed by atoms with Gasteiger partial charge in [-0.05, 0) is 24.3 Å². The van der Waals surface area contributed by atoms with Crippen molar-refractivity contribution in [2.75, 3.05) is 36.0 Å². The lowest BCUT2D eigenvalue weighted by atomic mass is 10.1. The van der Waals surface area contributed by atoms with Gasteiger partial charge in [0.25, 0.3) is 5.91 Å². The molecule has 1 saturated heterocycles. The summed E-state index contributed by atoms with van der Waals surface area (Å²) in [5, 5.41) is 9.21. The molecule has 25 heavy (non-hydrogen) atoms. The van der Waals surface area contributed by atoms with Crippen LogP contribution in [0.25, 0.3) is 0 Å². The van der Waals surface area contributed by atoms with Gasteiger partial charge >= 0.3 is 0 Å². The molecule has 0 spiro atoms. The maximum absolute atomic E-state index is 14.1. The van der Waals surface area contributed by atoms with E-state index in [-0.39, 0.29) is 5.56 Å². The fourth-order valence-electron chi connectivity index (χ4n) is 2.95. The molecule has 1 aliphatic rings. The van der Waals surface area contributed by atoms with Crippen LogP contribution in [-0.4, -0.2) is 37.1 Å². The van der Waals surface area contributed by atoms with Crippen molar-refractivity contribution >= 4 is 33.3 Å². The number of carbonyl (C=O) groups excluding carboxylic acids is 1. The van der Waals surface area contributed by atoms with E-state index in [0.29, 0.717) is 47.7 Å². The topological polar surface area (TPSA) is 86.2 Å². The van der Waals surface area contributed by atoms with E-state index in [9.17, 15) is 14.4 Å².